The van der Waals surface area contributed by atoms with Crippen LogP contribution in [0.25, 0.3) is 0 Å². The first-order valence-electron chi connectivity index (χ1n) is 6.77. The molecule has 1 saturated heterocycles. The van der Waals surface area contributed by atoms with Gasteiger partial charge < -0.3 is 9.64 Å². The summed E-state index contributed by atoms with van der Waals surface area (Å²) in [7, 11) is 1.42. The summed E-state index contributed by atoms with van der Waals surface area (Å²) in [5.41, 5.74) is 1.18. The number of methoxy groups -OCH3 is 1. The molecular formula is C14H21NO3. The summed E-state index contributed by atoms with van der Waals surface area (Å²) in [6.07, 6.45) is 7.98. The normalized spacial score (nSPS) is 22.7. The van der Waals surface area contributed by atoms with E-state index in [0.29, 0.717) is 18.9 Å². The highest BCUT2D eigenvalue weighted by atomic mass is 16.5. The maximum atomic E-state index is 11.6. The molecule has 1 fully saturated rings. The number of ether oxygens (including phenoxy) is 1. The van der Waals surface area contributed by atoms with E-state index in [-0.39, 0.29) is 11.8 Å². The lowest BCUT2D eigenvalue weighted by Gasteiger charge is -2.32. The molecule has 0 spiro atoms. The van der Waals surface area contributed by atoms with Crippen LogP contribution in [0.3, 0.4) is 0 Å². The van der Waals surface area contributed by atoms with E-state index in [1.54, 1.807) is 6.08 Å². The van der Waals surface area contributed by atoms with Crippen LogP contribution in [0.5, 0.6) is 0 Å². The lowest BCUT2D eigenvalue weighted by atomic mass is 10.00. The van der Waals surface area contributed by atoms with Gasteiger partial charge in [0.2, 0.25) is 0 Å². The van der Waals surface area contributed by atoms with Crippen LogP contribution < -0.4 is 0 Å². The third-order valence-corrected chi connectivity index (χ3v) is 3.80. The Balaban J connectivity index is 1.80. The Morgan fingerprint density at radius 3 is 3.11 bits per heavy atom. The first-order chi connectivity index (χ1) is 8.70. The number of allylic oxidation sites excluding steroid dienone is 2. The molecule has 100 valence electrons. The highest BCUT2D eigenvalue weighted by Crippen LogP contribution is 2.31. The van der Waals surface area contributed by atoms with Crippen molar-refractivity contribution in [1.29, 1.82) is 0 Å². The fourth-order valence-corrected chi connectivity index (χ4v) is 2.88. The van der Waals surface area contributed by atoms with Gasteiger partial charge in [-0.1, -0.05) is 0 Å². The van der Waals surface area contributed by atoms with Crippen molar-refractivity contribution in [3.8, 4) is 0 Å². The van der Waals surface area contributed by atoms with E-state index in [1.807, 2.05) is 0 Å². The maximum Gasteiger partial charge on any atom is 0.305 e. The molecule has 0 aliphatic carbocycles. The van der Waals surface area contributed by atoms with Crippen LogP contribution in [0.15, 0.2) is 11.8 Å². The maximum absolute atomic E-state index is 11.6. The third-order valence-electron chi connectivity index (χ3n) is 3.80. The largest absolute Gasteiger partial charge is 0.469 e. The molecule has 2 rings (SSSR count). The fraction of sp³-hybridized carbons (Fsp3) is 0.714. The molecule has 1 atom stereocenters. The van der Waals surface area contributed by atoms with Gasteiger partial charge >= 0.3 is 5.97 Å². The number of esters is 1. The van der Waals surface area contributed by atoms with Crippen molar-refractivity contribution < 1.29 is 14.3 Å². The number of carbonyl (C=O) groups excluding carboxylic acids is 2. The molecule has 0 unspecified atom stereocenters. The van der Waals surface area contributed by atoms with Gasteiger partial charge in [0, 0.05) is 37.2 Å². The zero-order valence-corrected chi connectivity index (χ0v) is 11.0. The minimum atomic E-state index is -0.150. The third kappa shape index (κ3) is 3.12. The number of ketones is 1. The lowest BCUT2D eigenvalue weighted by molar-refractivity contribution is -0.140. The Kier molecular flexibility index (Phi) is 4.39. The summed E-state index contributed by atoms with van der Waals surface area (Å²) in [6.45, 7) is 1.08. The van der Waals surface area contributed by atoms with Crippen molar-refractivity contribution in [2.45, 2.75) is 51.0 Å². The van der Waals surface area contributed by atoms with Crippen molar-refractivity contribution in [1.82, 2.24) is 4.90 Å². The zero-order chi connectivity index (χ0) is 13.0. The molecule has 0 radical (unpaired) electrons. The number of unbranched alkanes of at least 4 members (excludes halogenated alkanes) is 1. The Bertz CT molecular complexity index is 362. The molecule has 0 amide bonds. The SMILES string of the molecule is COC(=O)CCCCC1=CC(=O)C[C@@H]2CCCN12. The number of carbonyl (C=O) groups is 2. The van der Waals surface area contributed by atoms with E-state index in [1.165, 1.54) is 19.2 Å². The molecule has 2 aliphatic heterocycles. The highest BCUT2D eigenvalue weighted by molar-refractivity contribution is 5.91. The van der Waals surface area contributed by atoms with Gasteiger partial charge in [-0.25, -0.2) is 0 Å². The van der Waals surface area contributed by atoms with E-state index < -0.39 is 0 Å². The van der Waals surface area contributed by atoms with Crippen LogP contribution in [0.2, 0.25) is 0 Å². The number of nitrogens with zero attached hydrogens (tertiary/aromatic N) is 1. The van der Waals surface area contributed by atoms with Crippen LogP contribution >= 0.6 is 0 Å². The van der Waals surface area contributed by atoms with Crippen LogP contribution in [-0.4, -0.2) is 36.3 Å². The standard InChI is InChI=1S/C14H21NO3/c1-18-14(17)7-3-2-5-11-9-13(16)10-12-6-4-8-15(11)12/h9,12H,2-8,10H2,1H3/t12-/m0/s1. The summed E-state index contributed by atoms with van der Waals surface area (Å²) < 4.78 is 4.61. The van der Waals surface area contributed by atoms with Crippen LogP contribution in [-0.2, 0) is 14.3 Å². The second-order valence-electron chi connectivity index (χ2n) is 5.08. The molecule has 0 aromatic heterocycles. The van der Waals surface area contributed by atoms with Gasteiger partial charge in [-0.2, -0.15) is 0 Å². The molecule has 0 N–H and O–H groups in total. The summed E-state index contributed by atoms with van der Waals surface area (Å²) in [6, 6.07) is 0.443. The summed E-state index contributed by atoms with van der Waals surface area (Å²) in [5, 5.41) is 0. The van der Waals surface area contributed by atoms with Gasteiger partial charge in [0.1, 0.15) is 0 Å². The predicted octanol–water partition coefficient (Wildman–Crippen LogP) is 2.04. The second kappa shape index (κ2) is 6.03. The Morgan fingerprint density at radius 1 is 1.50 bits per heavy atom. The number of hydrogen-bond acceptors (Lipinski definition) is 4. The molecule has 0 bridgehead atoms. The minimum absolute atomic E-state index is 0.150. The topological polar surface area (TPSA) is 46.6 Å². The van der Waals surface area contributed by atoms with E-state index in [4.69, 9.17) is 0 Å². The van der Waals surface area contributed by atoms with Gasteiger partial charge in [0.15, 0.2) is 5.78 Å². The van der Waals surface area contributed by atoms with E-state index in [0.717, 1.165) is 32.2 Å². The predicted molar refractivity (Wildman–Crippen MR) is 67.9 cm³/mol. The molecular weight excluding hydrogens is 230 g/mol. The molecule has 0 saturated carbocycles. The quantitative estimate of drug-likeness (QED) is 0.554. The molecule has 0 aromatic rings. The first kappa shape index (κ1) is 13.1. The minimum Gasteiger partial charge on any atom is -0.469 e. The summed E-state index contributed by atoms with van der Waals surface area (Å²) >= 11 is 0. The molecule has 18 heavy (non-hydrogen) atoms. The lowest BCUT2D eigenvalue weighted by Crippen LogP contribution is -2.34. The van der Waals surface area contributed by atoms with Crippen molar-refractivity contribution in [3.05, 3.63) is 11.8 Å². The van der Waals surface area contributed by atoms with Gasteiger partial charge in [-0.15, -0.1) is 0 Å². The first-order valence-corrected chi connectivity index (χ1v) is 6.77. The summed E-state index contributed by atoms with van der Waals surface area (Å²) in [4.78, 5) is 25.0. The van der Waals surface area contributed by atoms with Crippen molar-refractivity contribution >= 4 is 11.8 Å². The second-order valence-corrected chi connectivity index (χ2v) is 5.08. The molecule has 2 aliphatic rings. The van der Waals surface area contributed by atoms with E-state index in [2.05, 4.69) is 9.64 Å². The van der Waals surface area contributed by atoms with Gasteiger partial charge in [-0.05, 0) is 32.1 Å². The molecule has 2 heterocycles. The molecule has 0 aromatic carbocycles. The fourth-order valence-electron chi connectivity index (χ4n) is 2.88. The van der Waals surface area contributed by atoms with Crippen molar-refractivity contribution in [2.24, 2.45) is 0 Å². The number of fused-ring (bicyclic) bond motifs is 1. The van der Waals surface area contributed by atoms with Gasteiger partial charge in [0.25, 0.3) is 0 Å². The number of hydrogen-bond donors (Lipinski definition) is 0. The van der Waals surface area contributed by atoms with Crippen molar-refractivity contribution in [3.63, 3.8) is 0 Å². The van der Waals surface area contributed by atoms with Gasteiger partial charge in [0.05, 0.1) is 7.11 Å². The van der Waals surface area contributed by atoms with Gasteiger partial charge in [-0.3, -0.25) is 9.59 Å². The van der Waals surface area contributed by atoms with Crippen LogP contribution in [0.1, 0.15) is 44.9 Å². The molecule has 4 heteroatoms. The van der Waals surface area contributed by atoms with Crippen LogP contribution in [0.4, 0.5) is 0 Å². The zero-order valence-electron chi connectivity index (χ0n) is 11.0. The Morgan fingerprint density at radius 2 is 2.33 bits per heavy atom. The average molecular weight is 251 g/mol. The smallest absolute Gasteiger partial charge is 0.305 e. The average Bonchev–Trinajstić information content (AvgIpc) is 2.81. The Hall–Kier alpha value is -1.32. The van der Waals surface area contributed by atoms with Crippen LogP contribution in [0, 0.1) is 0 Å². The monoisotopic (exact) mass is 251 g/mol. The Labute approximate surface area is 108 Å². The highest BCUT2D eigenvalue weighted by Gasteiger charge is 2.31. The van der Waals surface area contributed by atoms with E-state index >= 15 is 0 Å². The molecule has 4 nitrogen and oxygen atoms in total. The summed E-state index contributed by atoms with van der Waals surface area (Å²) in [5.74, 6) is 0.115. The van der Waals surface area contributed by atoms with Crippen molar-refractivity contribution in [2.75, 3.05) is 13.7 Å². The van der Waals surface area contributed by atoms with E-state index in [9.17, 15) is 9.59 Å². The number of rotatable bonds is 5.